The maximum absolute atomic E-state index is 12.5. The largest absolute Gasteiger partial charge is 0.466 e. The zero-order chi connectivity index (χ0) is 21.2. The minimum atomic E-state index is -0.948. The summed E-state index contributed by atoms with van der Waals surface area (Å²) in [7, 11) is 0. The van der Waals surface area contributed by atoms with E-state index in [2.05, 4.69) is 15.8 Å². The summed E-state index contributed by atoms with van der Waals surface area (Å²) in [5.41, 5.74) is 8.00. The van der Waals surface area contributed by atoms with E-state index in [1.165, 1.54) is 0 Å². The fourth-order valence-electron chi connectivity index (χ4n) is 2.11. The van der Waals surface area contributed by atoms with Crippen LogP contribution in [-0.2, 0) is 25.5 Å². The van der Waals surface area contributed by atoms with E-state index in [9.17, 15) is 14.4 Å². The summed E-state index contributed by atoms with van der Waals surface area (Å²) in [5.74, 6) is -1.25. The molecule has 1 atom stereocenters. The third-order valence-electron chi connectivity index (χ3n) is 3.23. The van der Waals surface area contributed by atoms with Gasteiger partial charge < -0.3 is 20.5 Å². The van der Waals surface area contributed by atoms with E-state index in [1.54, 1.807) is 27.7 Å². The molecule has 0 aliphatic rings. The molecule has 154 valence electrons. The van der Waals surface area contributed by atoms with Crippen LogP contribution < -0.4 is 16.5 Å². The number of esters is 1. The molecule has 28 heavy (non-hydrogen) atoms. The van der Waals surface area contributed by atoms with Gasteiger partial charge in [0.1, 0.15) is 23.9 Å². The molecule has 0 saturated heterocycles. The molecule has 1 aromatic rings. The van der Waals surface area contributed by atoms with Crippen molar-refractivity contribution in [1.29, 1.82) is 0 Å². The van der Waals surface area contributed by atoms with E-state index in [-0.39, 0.29) is 25.3 Å². The molecule has 0 radical (unpaired) electrons. The van der Waals surface area contributed by atoms with Crippen LogP contribution in [0.2, 0.25) is 0 Å². The van der Waals surface area contributed by atoms with Gasteiger partial charge in [0, 0.05) is 6.42 Å². The Morgan fingerprint density at radius 3 is 2.39 bits per heavy atom. The number of amidine groups is 1. The van der Waals surface area contributed by atoms with Crippen LogP contribution in [-0.4, -0.2) is 42.1 Å². The van der Waals surface area contributed by atoms with Gasteiger partial charge in [0.15, 0.2) is 0 Å². The summed E-state index contributed by atoms with van der Waals surface area (Å²) in [6, 6.07) is 8.21. The van der Waals surface area contributed by atoms with Crippen LogP contribution in [0.15, 0.2) is 35.4 Å². The van der Waals surface area contributed by atoms with Crippen LogP contribution in [0.25, 0.3) is 0 Å². The fraction of sp³-hybridized carbons (Fsp3) is 0.474. The highest BCUT2D eigenvalue weighted by Crippen LogP contribution is 2.08. The molecule has 1 rings (SSSR count). The number of rotatable bonds is 8. The Hall–Kier alpha value is -3.10. The van der Waals surface area contributed by atoms with Crippen LogP contribution in [0, 0.1) is 0 Å². The number of hydrogen-bond donors (Lipinski definition) is 3. The lowest BCUT2D eigenvalue weighted by atomic mass is 10.1. The van der Waals surface area contributed by atoms with Gasteiger partial charge in [0.05, 0.1) is 6.61 Å². The highest BCUT2D eigenvalue weighted by molar-refractivity contribution is 5.97. The van der Waals surface area contributed by atoms with E-state index in [4.69, 9.17) is 15.2 Å². The summed E-state index contributed by atoms with van der Waals surface area (Å²) in [4.78, 5) is 36.0. The number of benzene rings is 1. The van der Waals surface area contributed by atoms with Crippen LogP contribution >= 0.6 is 0 Å². The molecule has 0 aliphatic carbocycles. The first-order valence-corrected chi connectivity index (χ1v) is 8.91. The lowest BCUT2D eigenvalue weighted by Crippen LogP contribution is -2.48. The molecule has 0 spiro atoms. The van der Waals surface area contributed by atoms with Crippen molar-refractivity contribution in [2.24, 2.45) is 10.8 Å². The first-order chi connectivity index (χ1) is 13.1. The van der Waals surface area contributed by atoms with Gasteiger partial charge in [-0.25, -0.2) is 10.2 Å². The Labute approximate surface area is 164 Å². The standard InChI is InChI=1S/C19H28N4O5/c1-5-27-16(24)12-15(20)22-23-17(25)14(11-13-9-7-6-8-10-13)21-18(26)28-19(2,3)4/h6-10,14H,5,11-12H2,1-4H3,(H2,20,22)(H,21,26)(H,23,25)/t14-/m0/s1. The Bertz CT molecular complexity index is 698. The second-order valence-corrected chi connectivity index (χ2v) is 6.95. The van der Waals surface area contributed by atoms with Crippen molar-refractivity contribution in [3.05, 3.63) is 35.9 Å². The third-order valence-corrected chi connectivity index (χ3v) is 3.23. The molecular formula is C19H28N4O5. The SMILES string of the molecule is CCOC(=O)C/C(N)=N/NC(=O)[C@H](Cc1ccccc1)NC(=O)OC(C)(C)C. The zero-order valence-electron chi connectivity index (χ0n) is 16.7. The number of nitrogens with two attached hydrogens (primary N) is 1. The number of amides is 2. The lowest BCUT2D eigenvalue weighted by molar-refractivity contribution is -0.141. The number of hydrogen-bond acceptors (Lipinski definition) is 6. The number of nitrogens with one attached hydrogen (secondary N) is 2. The molecule has 0 fully saturated rings. The van der Waals surface area contributed by atoms with Gasteiger partial charge in [-0.05, 0) is 33.3 Å². The zero-order valence-corrected chi connectivity index (χ0v) is 16.7. The second-order valence-electron chi connectivity index (χ2n) is 6.95. The molecule has 0 aromatic heterocycles. The average molecular weight is 392 g/mol. The van der Waals surface area contributed by atoms with Crippen LogP contribution in [0.1, 0.15) is 39.7 Å². The predicted octanol–water partition coefficient (Wildman–Crippen LogP) is 1.46. The van der Waals surface area contributed by atoms with Gasteiger partial charge >= 0.3 is 12.1 Å². The van der Waals surface area contributed by atoms with E-state index < -0.39 is 29.6 Å². The highest BCUT2D eigenvalue weighted by Gasteiger charge is 2.24. The number of alkyl carbamates (subject to hydrolysis) is 1. The van der Waals surface area contributed by atoms with E-state index >= 15 is 0 Å². The molecule has 0 saturated carbocycles. The number of ether oxygens (including phenoxy) is 2. The first-order valence-electron chi connectivity index (χ1n) is 8.91. The molecule has 2 amide bonds. The highest BCUT2D eigenvalue weighted by atomic mass is 16.6. The molecule has 0 aliphatic heterocycles. The smallest absolute Gasteiger partial charge is 0.408 e. The Balaban J connectivity index is 2.80. The minimum absolute atomic E-state index is 0.109. The van der Waals surface area contributed by atoms with Gasteiger partial charge in [-0.2, -0.15) is 5.10 Å². The molecule has 4 N–H and O–H groups in total. The quantitative estimate of drug-likeness (QED) is 0.266. The van der Waals surface area contributed by atoms with Crippen LogP contribution in [0.5, 0.6) is 0 Å². The third kappa shape index (κ3) is 9.56. The van der Waals surface area contributed by atoms with Crippen molar-refractivity contribution in [2.45, 2.75) is 52.2 Å². The van der Waals surface area contributed by atoms with Crippen molar-refractivity contribution in [1.82, 2.24) is 10.7 Å². The molecule has 0 unspecified atom stereocenters. The van der Waals surface area contributed by atoms with E-state index in [1.807, 2.05) is 30.3 Å². The minimum Gasteiger partial charge on any atom is -0.466 e. The average Bonchev–Trinajstić information content (AvgIpc) is 2.58. The summed E-state index contributed by atoms with van der Waals surface area (Å²) >= 11 is 0. The number of nitrogens with zero attached hydrogens (tertiary/aromatic N) is 1. The van der Waals surface area contributed by atoms with Gasteiger partial charge in [0.25, 0.3) is 5.91 Å². The van der Waals surface area contributed by atoms with Crippen molar-refractivity contribution in [3.63, 3.8) is 0 Å². The van der Waals surface area contributed by atoms with Crippen molar-refractivity contribution < 1.29 is 23.9 Å². The molecular weight excluding hydrogens is 364 g/mol. The van der Waals surface area contributed by atoms with E-state index in [0.29, 0.717) is 0 Å². The van der Waals surface area contributed by atoms with Gasteiger partial charge in [-0.1, -0.05) is 30.3 Å². The van der Waals surface area contributed by atoms with E-state index in [0.717, 1.165) is 5.56 Å². The Morgan fingerprint density at radius 1 is 1.18 bits per heavy atom. The predicted molar refractivity (Wildman–Crippen MR) is 104 cm³/mol. The number of carbonyl (C=O) groups excluding carboxylic acids is 3. The van der Waals surface area contributed by atoms with Gasteiger partial charge in [0.2, 0.25) is 0 Å². The molecule has 1 aromatic carbocycles. The molecule has 9 heteroatoms. The Kier molecular flexibility index (Phi) is 8.94. The first kappa shape index (κ1) is 22.9. The van der Waals surface area contributed by atoms with Crippen LogP contribution in [0.4, 0.5) is 4.79 Å². The van der Waals surface area contributed by atoms with Crippen molar-refractivity contribution >= 4 is 23.8 Å². The second kappa shape index (κ2) is 10.9. The number of carbonyl (C=O) groups is 3. The summed E-state index contributed by atoms with van der Waals surface area (Å²) in [5, 5.41) is 6.22. The molecule has 0 bridgehead atoms. The van der Waals surface area contributed by atoms with Crippen LogP contribution in [0.3, 0.4) is 0 Å². The maximum atomic E-state index is 12.5. The normalized spacial score (nSPS) is 12.6. The van der Waals surface area contributed by atoms with Gasteiger partial charge in [-0.15, -0.1) is 0 Å². The number of hydrazone groups is 1. The summed E-state index contributed by atoms with van der Waals surface area (Å²) in [6.45, 7) is 7.05. The van der Waals surface area contributed by atoms with Gasteiger partial charge in [-0.3, -0.25) is 9.59 Å². The maximum Gasteiger partial charge on any atom is 0.408 e. The van der Waals surface area contributed by atoms with Crippen molar-refractivity contribution in [2.75, 3.05) is 6.61 Å². The lowest BCUT2D eigenvalue weighted by Gasteiger charge is -2.23. The summed E-state index contributed by atoms with van der Waals surface area (Å²) in [6.07, 6.45) is -0.761. The topological polar surface area (TPSA) is 132 Å². The monoisotopic (exact) mass is 392 g/mol. The summed E-state index contributed by atoms with van der Waals surface area (Å²) < 4.78 is 9.97. The molecule has 9 nitrogen and oxygen atoms in total. The Morgan fingerprint density at radius 2 is 1.82 bits per heavy atom. The molecule has 0 heterocycles. The van der Waals surface area contributed by atoms with Crippen molar-refractivity contribution in [3.8, 4) is 0 Å². The fourth-order valence-corrected chi connectivity index (χ4v) is 2.11.